The molecule has 0 aromatic rings. The zero-order chi connectivity index (χ0) is 10.2. The molecule has 0 radical (unpaired) electrons. The highest BCUT2D eigenvalue weighted by Crippen LogP contribution is 2.43. The summed E-state index contributed by atoms with van der Waals surface area (Å²) in [6.07, 6.45) is 8.42. The van der Waals surface area contributed by atoms with Crippen LogP contribution in [0, 0.1) is 5.41 Å². The van der Waals surface area contributed by atoms with Crippen molar-refractivity contribution in [2.45, 2.75) is 70.6 Å². The average molecular weight is 197 g/mol. The maximum atomic E-state index is 5.97. The van der Waals surface area contributed by atoms with E-state index in [9.17, 15) is 0 Å². The molecule has 14 heavy (non-hydrogen) atoms. The molecule has 0 bridgehead atoms. The molecule has 2 rings (SSSR count). The first-order valence-electron chi connectivity index (χ1n) is 5.98. The predicted molar refractivity (Wildman–Crippen MR) is 58.1 cm³/mol. The lowest BCUT2D eigenvalue weighted by atomic mass is 9.82. The van der Waals surface area contributed by atoms with Crippen molar-refractivity contribution in [2.24, 2.45) is 11.1 Å². The summed E-state index contributed by atoms with van der Waals surface area (Å²) in [5.74, 6) is 0. The summed E-state index contributed by atoms with van der Waals surface area (Å²) in [6.45, 7) is 4.56. The third kappa shape index (κ3) is 2.29. The van der Waals surface area contributed by atoms with Crippen molar-refractivity contribution >= 4 is 0 Å². The van der Waals surface area contributed by atoms with Crippen molar-refractivity contribution in [3.63, 3.8) is 0 Å². The highest BCUT2D eigenvalue weighted by atomic mass is 16.5. The van der Waals surface area contributed by atoms with E-state index in [0.717, 1.165) is 0 Å². The molecule has 2 aliphatic rings. The second-order valence-corrected chi connectivity index (χ2v) is 5.66. The topological polar surface area (TPSA) is 35.2 Å². The largest absolute Gasteiger partial charge is 0.375 e. The lowest BCUT2D eigenvalue weighted by Gasteiger charge is -2.27. The fourth-order valence-electron chi connectivity index (χ4n) is 3.14. The molecule has 1 saturated carbocycles. The Bertz CT molecular complexity index is 206. The van der Waals surface area contributed by atoms with Crippen LogP contribution in [0.2, 0.25) is 0 Å². The van der Waals surface area contributed by atoms with Gasteiger partial charge in [0.1, 0.15) is 0 Å². The SMILES string of the molecule is CC1CCC(CC2(C)CCC(N)C2)O1. The predicted octanol–water partition coefficient (Wildman–Crippen LogP) is 2.46. The zero-order valence-electron chi connectivity index (χ0n) is 9.46. The molecule has 1 aliphatic carbocycles. The normalized spacial score (nSPS) is 48.6. The summed E-state index contributed by atoms with van der Waals surface area (Å²) < 4.78 is 5.88. The van der Waals surface area contributed by atoms with Crippen LogP contribution < -0.4 is 5.73 Å². The minimum atomic E-state index is 0.443. The van der Waals surface area contributed by atoms with Gasteiger partial charge in [0.05, 0.1) is 12.2 Å². The summed E-state index contributed by atoms with van der Waals surface area (Å²) in [5, 5.41) is 0. The molecule has 2 heteroatoms. The van der Waals surface area contributed by atoms with Gasteiger partial charge in [-0.05, 0) is 50.9 Å². The van der Waals surface area contributed by atoms with E-state index in [0.29, 0.717) is 23.7 Å². The molecule has 82 valence electrons. The Hall–Kier alpha value is -0.0800. The van der Waals surface area contributed by atoms with E-state index in [4.69, 9.17) is 10.5 Å². The van der Waals surface area contributed by atoms with Crippen molar-refractivity contribution in [1.29, 1.82) is 0 Å². The van der Waals surface area contributed by atoms with Gasteiger partial charge in [0, 0.05) is 6.04 Å². The summed E-state index contributed by atoms with van der Waals surface area (Å²) in [6, 6.07) is 0.443. The summed E-state index contributed by atoms with van der Waals surface area (Å²) >= 11 is 0. The molecule has 4 unspecified atom stereocenters. The fourth-order valence-corrected chi connectivity index (χ4v) is 3.14. The van der Waals surface area contributed by atoms with Gasteiger partial charge in [-0.3, -0.25) is 0 Å². The van der Waals surface area contributed by atoms with Crippen LogP contribution >= 0.6 is 0 Å². The van der Waals surface area contributed by atoms with Crippen molar-refractivity contribution in [3.8, 4) is 0 Å². The standard InChI is InChI=1S/C12H23NO/c1-9-3-4-11(14-9)8-12(2)6-5-10(13)7-12/h9-11H,3-8,13H2,1-2H3. The third-order valence-electron chi connectivity index (χ3n) is 3.91. The Kier molecular flexibility index (Phi) is 2.85. The maximum Gasteiger partial charge on any atom is 0.0584 e. The van der Waals surface area contributed by atoms with Crippen molar-refractivity contribution in [3.05, 3.63) is 0 Å². The lowest BCUT2D eigenvalue weighted by molar-refractivity contribution is 0.0261. The van der Waals surface area contributed by atoms with Crippen molar-refractivity contribution in [2.75, 3.05) is 0 Å². The summed E-state index contributed by atoms with van der Waals surface area (Å²) in [5.41, 5.74) is 6.44. The first kappa shape index (κ1) is 10.4. The van der Waals surface area contributed by atoms with Gasteiger partial charge >= 0.3 is 0 Å². The maximum absolute atomic E-state index is 5.97. The Labute approximate surface area is 87.2 Å². The van der Waals surface area contributed by atoms with Crippen LogP contribution in [0.25, 0.3) is 0 Å². The quantitative estimate of drug-likeness (QED) is 0.738. The van der Waals surface area contributed by atoms with E-state index in [-0.39, 0.29) is 0 Å². The highest BCUT2D eigenvalue weighted by Gasteiger charge is 2.37. The van der Waals surface area contributed by atoms with Crippen LogP contribution in [-0.4, -0.2) is 18.2 Å². The van der Waals surface area contributed by atoms with Gasteiger partial charge in [-0.1, -0.05) is 6.92 Å². The highest BCUT2D eigenvalue weighted by molar-refractivity contribution is 4.90. The van der Waals surface area contributed by atoms with Crippen LogP contribution in [0.5, 0.6) is 0 Å². The molecule has 4 atom stereocenters. The summed E-state index contributed by atoms with van der Waals surface area (Å²) in [4.78, 5) is 0. The van der Waals surface area contributed by atoms with Gasteiger partial charge in [-0.2, -0.15) is 0 Å². The number of hydrogen-bond acceptors (Lipinski definition) is 2. The molecule has 1 aliphatic heterocycles. The van der Waals surface area contributed by atoms with E-state index in [2.05, 4.69) is 13.8 Å². The van der Waals surface area contributed by atoms with Gasteiger partial charge in [0.2, 0.25) is 0 Å². The van der Waals surface area contributed by atoms with E-state index in [1.807, 2.05) is 0 Å². The van der Waals surface area contributed by atoms with Crippen molar-refractivity contribution in [1.82, 2.24) is 0 Å². The van der Waals surface area contributed by atoms with Crippen LogP contribution in [0.4, 0.5) is 0 Å². The smallest absolute Gasteiger partial charge is 0.0584 e. The molecule has 1 saturated heterocycles. The molecule has 0 aromatic heterocycles. The van der Waals surface area contributed by atoms with Crippen molar-refractivity contribution < 1.29 is 4.74 Å². The molecule has 1 heterocycles. The van der Waals surface area contributed by atoms with E-state index < -0.39 is 0 Å². The van der Waals surface area contributed by atoms with Crippen LogP contribution in [0.3, 0.4) is 0 Å². The van der Waals surface area contributed by atoms with Crippen LogP contribution in [-0.2, 0) is 4.74 Å². The third-order valence-corrected chi connectivity index (χ3v) is 3.91. The Morgan fingerprint density at radius 2 is 2.14 bits per heavy atom. The van der Waals surface area contributed by atoms with Crippen LogP contribution in [0.15, 0.2) is 0 Å². The molecule has 0 aromatic carbocycles. The zero-order valence-corrected chi connectivity index (χ0v) is 9.46. The van der Waals surface area contributed by atoms with E-state index in [1.165, 1.54) is 38.5 Å². The monoisotopic (exact) mass is 197 g/mol. The fraction of sp³-hybridized carbons (Fsp3) is 1.00. The van der Waals surface area contributed by atoms with E-state index >= 15 is 0 Å². The minimum Gasteiger partial charge on any atom is -0.375 e. The second kappa shape index (κ2) is 3.82. The van der Waals surface area contributed by atoms with Gasteiger partial charge in [0.15, 0.2) is 0 Å². The molecule has 2 fully saturated rings. The number of rotatable bonds is 2. The summed E-state index contributed by atoms with van der Waals surface area (Å²) in [7, 11) is 0. The number of nitrogens with two attached hydrogens (primary N) is 1. The first-order chi connectivity index (χ1) is 6.57. The average Bonchev–Trinajstić information content (AvgIpc) is 2.60. The molecular formula is C12H23NO. The van der Waals surface area contributed by atoms with Gasteiger partial charge in [-0.15, -0.1) is 0 Å². The lowest BCUT2D eigenvalue weighted by Crippen LogP contribution is -2.24. The first-order valence-corrected chi connectivity index (χ1v) is 5.98. The second-order valence-electron chi connectivity index (χ2n) is 5.66. The Morgan fingerprint density at radius 3 is 2.64 bits per heavy atom. The molecule has 0 spiro atoms. The Balaban J connectivity index is 1.85. The molecule has 0 amide bonds. The van der Waals surface area contributed by atoms with Crippen LogP contribution in [0.1, 0.15) is 52.4 Å². The molecule has 2 nitrogen and oxygen atoms in total. The Morgan fingerprint density at radius 1 is 1.36 bits per heavy atom. The minimum absolute atomic E-state index is 0.443. The molecular weight excluding hydrogens is 174 g/mol. The van der Waals surface area contributed by atoms with Gasteiger partial charge in [-0.25, -0.2) is 0 Å². The van der Waals surface area contributed by atoms with E-state index in [1.54, 1.807) is 0 Å². The molecule has 2 N–H and O–H groups in total. The van der Waals surface area contributed by atoms with Gasteiger partial charge < -0.3 is 10.5 Å². The number of ether oxygens (including phenoxy) is 1. The van der Waals surface area contributed by atoms with Gasteiger partial charge in [0.25, 0.3) is 0 Å². The number of hydrogen-bond donors (Lipinski definition) is 1.